The summed E-state index contributed by atoms with van der Waals surface area (Å²) in [5.74, 6) is -0.617. The molecule has 1 aliphatic rings. The van der Waals surface area contributed by atoms with Gasteiger partial charge in [-0.25, -0.2) is 0 Å². The molecule has 0 bridgehead atoms. The van der Waals surface area contributed by atoms with Crippen molar-refractivity contribution in [2.45, 2.75) is 32.1 Å². The third kappa shape index (κ3) is 2.56. The van der Waals surface area contributed by atoms with Crippen LogP contribution in [-0.2, 0) is 19.1 Å². The van der Waals surface area contributed by atoms with Gasteiger partial charge in [0.1, 0.15) is 11.6 Å². The minimum Gasteiger partial charge on any atom is -0.469 e. The van der Waals surface area contributed by atoms with Gasteiger partial charge in [-0.05, 0) is 12.8 Å². The number of carbonyl (C=O) groups excluding carboxylic acids is 3. The maximum absolute atomic E-state index is 11.9. The standard InChI is InChI=1S/C12H16O4/c1-3-5-12(8-11(15)16-2)6-4-9(13)7-10(12)14/h3H,1,4-8H2,2H3. The van der Waals surface area contributed by atoms with Gasteiger partial charge in [0, 0.05) is 11.8 Å². The first-order valence-electron chi connectivity index (χ1n) is 5.27. The second-order valence-corrected chi connectivity index (χ2v) is 4.16. The van der Waals surface area contributed by atoms with E-state index in [-0.39, 0.29) is 24.4 Å². The summed E-state index contributed by atoms with van der Waals surface area (Å²) >= 11 is 0. The number of hydrogen-bond acceptors (Lipinski definition) is 4. The molecule has 1 fully saturated rings. The van der Waals surface area contributed by atoms with Gasteiger partial charge in [0.05, 0.1) is 20.0 Å². The number of carbonyl (C=O) groups is 3. The molecule has 4 nitrogen and oxygen atoms in total. The van der Waals surface area contributed by atoms with Crippen molar-refractivity contribution in [2.24, 2.45) is 5.41 Å². The Morgan fingerprint density at radius 2 is 2.25 bits per heavy atom. The molecular formula is C12H16O4. The SMILES string of the molecule is C=CCC1(CC(=O)OC)CCC(=O)CC1=O. The van der Waals surface area contributed by atoms with Gasteiger partial charge in [0.15, 0.2) is 0 Å². The topological polar surface area (TPSA) is 60.4 Å². The van der Waals surface area contributed by atoms with Crippen molar-refractivity contribution in [3.05, 3.63) is 12.7 Å². The molecule has 0 aromatic rings. The Labute approximate surface area is 94.7 Å². The quantitative estimate of drug-likeness (QED) is 0.412. The second kappa shape index (κ2) is 5.05. The summed E-state index contributed by atoms with van der Waals surface area (Å²) in [5, 5.41) is 0. The van der Waals surface area contributed by atoms with Crippen molar-refractivity contribution in [3.8, 4) is 0 Å². The van der Waals surface area contributed by atoms with Crippen LogP contribution in [0.2, 0.25) is 0 Å². The molecule has 0 heterocycles. The Hall–Kier alpha value is -1.45. The lowest BCUT2D eigenvalue weighted by atomic mass is 9.68. The number of ketones is 2. The normalized spacial score (nSPS) is 25.3. The van der Waals surface area contributed by atoms with Crippen LogP contribution in [0.5, 0.6) is 0 Å². The van der Waals surface area contributed by atoms with E-state index < -0.39 is 11.4 Å². The highest BCUT2D eigenvalue weighted by atomic mass is 16.5. The zero-order valence-electron chi connectivity index (χ0n) is 9.45. The van der Waals surface area contributed by atoms with Crippen LogP contribution < -0.4 is 0 Å². The summed E-state index contributed by atoms with van der Waals surface area (Å²) in [6.45, 7) is 3.60. The molecule has 0 amide bonds. The van der Waals surface area contributed by atoms with Gasteiger partial charge in [-0.15, -0.1) is 6.58 Å². The van der Waals surface area contributed by atoms with E-state index in [0.717, 1.165) is 0 Å². The van der Waals surface area contributed by atoms with Crippen LogP contribution in [0, 0.1) is 5.41 Å². The van der Waals surface area contributed by atoms with Gasteiger partial charge in [-0.1, -0.05) is 6.08 Å². The molecule has 1 saturated carbocycles. The lowest BCUT2D eigenvalue weighted by Gasteiger charge is -2.33. The Morgan fingerprint density at radius 1 is 1.56 bits per heavy atom. The zero-order valence-corrected chi connectivity index (χ0v) is 9.45. The summed E-state index contributed by atoms with van der Waals surface area (Å²) in [6, 6.07) is 0. The van der Waals surface area contributed by atoms with E-state index >= 15 is 0 Å². The first kappa shape index (κ1) is 12.6. The highest BCUT2D eigenvalue weighted by Gasteiger charge is 2.43. The van der Waals surface area contributed by atoms with Gasteiger partial charge in [0.2, 0.25) is 0 Å². The highest BCUT2D eigenvalue weighted by molar-refractivity contribution is 6.05. The van der Waals surface area contributed by atoms with E-state index in [1.807, 2.05) is 0 Å². The summed E-state index contributed by atoms with van der Waals surface area (Å²) in [6.07, 6.45) is 2.81. The van der Waals surface area contributed by atoms with Crippen molar-refractivity contribution in [1.29, 1.82) is 0 Å². The molecule has 0 saturated heterocycles. The number of methoxy groups -OCH3 is 1. The molecule has 0 aromatic heterocycles. The fourth-order valence-corrected chi connectivity index (χ4v) is 2.07. The minimum absolute atomic E-state index is 0.0433. The monoisotopic (exact) mass is 224 g/mol. The zero-order chi connectivity index (χ0) is 12.2. The summed E-state index contributed by atoms with van der Waals surface area (Å²) in [4.78, 5) is 34.3. The first-order chi connectivity index (χ1) is 7.54. The molecule has 1 rings (SSSR count). The van der Waals surface area contributed by atoms with Crippen LogP contribution in [0.15, 0.2) is 12.7 Å². The summed E-state index contributed by atoms with van der Waals surface area (Å²) in [7, 11) is 1.29. The Kier molecular flexibility index (Phi) is 3.99. The largest absolute Gasteiger partial charge is 0.469 e. The molecular weight excluding hydrogens is 208 g/mol. The molecule has 1 atom stereocenters. The van der Waals surface area contributed by atoms with E-state index in [2.05, 4.69) is 11.3 Å². The molecule has 0 radical (unpaired) electrons. The van der Waals surface area contributed by atoms with Gasteiger partial charge < -0.3 is 4.74 Å². The maximum Gasteiger partial charge on any atom is 0.306 e. The van der Waals surface area contributed by atoms with Crippen molar-refractivity contribution in [2.75, 3.05) is 7.11 Å². The average molecular weight is 224 g/mol. The Morgan fingerprint density at radius 3 is 2.75 bits per heavy atom. The second-order valence-electron chi connectivity index (χ2n) is 4.16. The van der Waals surface area contributed by atoms with E-state index in [1.54, 1.807) is 6.08 Å². The smallest absolute Gasteiger partial charge is 0.306 e. The van der Waals surface area contributed by atoms with Gasteiger partial charge in [-0.3, -0.25) is 14.4 Å². The molecule has 1 aliphatic carbocycles. The van der Waals surface area contributed by atoms with Crippen molar-refractivity contribution in [1.82, 2.24) is 0 Å². The third-order valence-corrected chi connectivity index (χ3v) is 3.08. The van der Waals surface area contributed by atoms with Crippen LogP contribution >= 0.6 is 0 Å². The van der Waals surface area contributed by atoms with Gasteiger partial charge in [-0.2, -0.15) is 0 Å². The van der Waals surface area contributed by atoms with E-state index in [9.17, 15) is 14.4 Å². The molecule has 0 spiro atoms. The number of hydrogen-bond donors (Lipinski definition) is 0. The fraction of sp³-hybridized carbons (Fsp3) is 0.583. The fourth-order valence-electron chi connectivity index (χ4n) is 2.07. The lowest BCUT2D eigenvalue weighted by Crippen LogP contribution is -2.39. The van der Waals surface area contributed by atoms with E-state index in [4.69, 9.17) is 0 Å². The third-order valence-electron chi connectivity index (χ3n) is 3.08. The van der Waals surface area contributed by atoms with Crippen molar-refractivity contribution in [3.63, 3.8) is 0 Å². The van der Waals surface area contributed by atoms with Crippen LogP contribution in [-0.4, -0.2) is 24.6 Å². The molecule has 0 N–H and O–H groups in total. The highest BCUT2D eigenvalue weighted by Crippen LogP contribution is 2.39. The molecule has 88 valence electrons. The minimum atomic E-state index is -0.761. The Bertz CT molecular complexity index is 332. The number of allylic oxidation sites excluding steroid dienone is 1. The molecule has 0 aliphatic heterocycles. The van der Waals surface area contributed by atoms with Crippen LogP contribution in [0.3, 0.4) is 0 Å². The summed E-state index contributed by atoms with van der Waals surface area (Å²) < 4.78 is 4.59. The molecule has 1 unspecified atom stereocenters. The first-order valence-corrected chi connectivity index (χ1v) is 5.27. The number of esters is 1. The number of rotatable bonds is 4. The number of Topliss-reactive ketones (excluding diaryl/α,β-unsaturated/α-hetero) is 2. The van der Waals surface area contributed by atoms with Crippen LogP contribution in [0.4, 0.5) is 0 Å². The predicted molar refractivity (Wildman–Crippen MR) is 57.7 cm³/mol. The van der Waals surface area contributed by atoms with Crippen molar-refractivity contribution < 1.29 is 19.1 Å². The molecule has 0 aromatic carbocycles. The van der Waals surface area contributed by atoms with Gasteiger partial charge in [0.25, 0.3) is 0 Å². The molecule has 16 heavy (non-hydrogen) atoms. The predicted octanol–water partition coefficient (Wildman–Crippen LogP) is 1.43. The Balaban J connectivity index is 2.86. The van der Waals surface area contributed by atoms with Crippen LogP contribution in [0.1, 0.15) is 32.1 Å². The number of ether oxygens (including phenoxy) is 1. The van der Waals surface area contributed by atoms with Crippen LogP contribution in [0.25, 0.3) is 0 Å². The maximum atomic E-state index is 11.9. The van der Waals surface area contributed by atoms with Crippen molar-refractivity contribution >= 4 is 17.5 Å². The lowest BCUT2D eigenvalue weighted by molar-refractivity contribution is -0.150. The van der Waals surface area contributed by atoms with E-state index in [0.29, 0.717) is 19.3 Å². The van der Waals surface area contributed by atoms with Gasteiger partial charge >= 0.3 is 5.97 Å². The summed E-state index contributed by atoms with van der Waals surface area (Å²) in [5.41, 5.74) is -0.761. The van der Waals surface area contributed by atoms with E-state index in [1.165, 1.54) is 7.11 Å². The molecule has 4 heteroatoms. The average Bonchev–Trinajstić information content (AvgIpc) is 2.24.